The van der Waals surface area contributed by atoms with Crippen molar-refractivity contribution < 1.29 is 18.3 Å². The summed E-state index contributed by atoms with van der Waals surface area (Å²) >= 11 is 0. The topological polar surface area (TPSA) is 95.5 Å². The van der Waals surface area contributed by atoms with Crippen LogP contribution in [0.4, 0.5) is 0 Å². The molecule has 1 saturated carbocycles. The van der Waals surface area contributed by atoms with Gasteiger partial charge in [-0.15, -0.1) is 0 Å². The van der Waals surface area contributed by atoms with Gasteiger partial charge in [0.2, 0.25) is 0 Å². The van der Waals surface area contributed by atoms with Crippen molar-refractivity contribution in [2.45, 2.75) is 45.2 Å². The standard InChI is InChI=1S/C9H18N2O4S/c1-6(2)10-16(14,15)11-8-5-3-4-7(8)9(12)13/h6-8,10-11H,3-5H2,1-2H3,(H,12,13). The van der Waals surface area contributed by atoms with E-state index in [1.165, 1.54) is 0 Å². The van der Waals surface area contributed by atoms with E-state index >= 15 is 0 Å². The van der Waals surface area contributed by atoms with Gasteiger partial charge in [-0.2, -0.15) is 17.9 Å². The molecule has 6 nitrogen and oxygen atoms in total. The minimum absolute atomic E-state index is 0.206. The number of carboxylic acids is 1. The third-order valence-corrected chi connectivity index (χ3v) is 3.93. The van der Waals surface area contributed by atoms with Crippen LogP contribution in [0.5, 0.6) is 0 Å². The van der Waals surface area contributed by atoms with Gasteiger partial charge in [0.15, 0.2) is 0 Å². The summed E-state index contributed by atoms with van der Waals surface area (Å²) in [6.45, 7) is 3.42. The Hall–Kier alpha value is -0.660. The minimum atomic E-state index is -3.59. The van der Waals surface area contributed by atoms with E-state index in [-0.39, 0.29) is 6.04 Å². The zero-order valence-electron chi connectivity index (χ0n) is 9.43. The number of aliphatic carboxylic acids is 1. The molecule has 1 aliphatic rings. The molecule has 0 radical (unpaired) electrons. The molecular weight excluding hydrogens is 232 g/mol. The van der Waals surface area contributed by atoms with Gasteiger partial charge in [-0.1, -0.05) is 6.42 Å². The Morgan fingerprint density at radius 3 is 2.50 bits per heavy atom. The molecular formula is C9H18N2O4S. The predicted octanol–water partition coefficient (Wildman–Crippen LogP) is 0.0721. The maximum atomic E-state index is 11.5. The van der Waals surface area contributed by atoms with Crippen molar-refractivity contribution in [2.75, 3.05) is 0 Å². The molecule has 1 fully saturated rings. The molecule has 0 amide bonds. The van der Waals surface area contributed by atoms with Gasteiger partial charge < -0.3 is 5.11 Å². The summed E-state index contributed by atoms with van der Waals surface area (Å²) in [6, 6.07) is -0.698. The van der Waals surface area contributed by atoms with Crippen LogP contribution in [0.2, 0.25) is 0 Å². The Morgan fingerprint density at radius 2 is 2.00 bits per heavy atom. The highest BCUT2D eigenvalue weighted by atomic mass is 32.2. The molecule has 0 aliphatic heterocycles. The van der Waals surface area contributed by atoms with Gasteiger partial charge in [-0.05, 0) is 26.7 Å². The van der Waals surface area contributed by atoms with Crippen molar-refractivity contribution in [2.24, 2.45) is 5.92 Å². The highest BCUT2D eigenvalue weighted by molar-refractivity contribution is 7.87. The zero-order chi connectivity index (χ0) is 12.3. The van der Waals surface area contributed by atoms with Gasteiger partial charge in [0.1, 0.15) is 0 Å². The third kappa shape index (κ3) is 3.73. The molecule has 0 spiro atoms. The molecule has 1 rings (SSSR count). The molecule has 0 aromatic carbocycles. The first-order valence-corrected chi connectivity index (χ1v) is 6.82. The molecule has 2 unspecified atom stereocenters. The monoisotopic (exact) mass is 250 g/mol. The quantitative estimate of drug-likeness (QED) is 0.643. The summed E-state index contributed by atoms with van der Waals surface area (Å²) in [6.07, 6.45) is 1.85. The van der Waals surface area contributed by atoms with Crippen LogP contribution in [0.15, 0.2) is 0 Å². The van der Waals surface area contributed by atoms with Crippen molar-refractivity contribution in [3.05, 3.63) is 0 Å². The molecule has 0 bridgehead atoms. The summed E-state index contributed by atoms with van der Waals surface area (Å²) in [5.41, 5.74) is 0. The van der Waals surface area contributed by atoms with E-state index in [2.05, 4.69) is 9.44 Å². The Bertz CT molecular complexity index is 353. The van der Waals surface area contributed by atoms with Crippen LogP contribution in [-0.2, 0) is 15.0 Å². The van der Waals surface area contributed by atoms with Crippen LogP contribution < -0.4 is 9.44 Å². The van der Waals surface area contributed by atoms with E-state index < -0.39 is 28.1 Å². The molecule has 16 heavy (non-hydrogen) atoms. The Morgan fingerprint density at radius 1 is 1.38 bits per heavy atom. The third-order valence-electron chi connectivity index (χ3n) is 2.53. The van der Waals surface area contributed by atoms with E-state index in [0.717, 1.165) is 6.42 Å². The van der Waals surface area contributed by atoms with E-state index in [0.29, 0.717) is 12.8 Å². The van der Waals surface area contributed by atoms with Crippen LogP contribution in [0.3, 0.4) is 0 Å². The van der Waals surface area contributed by atoms with Gasteiger partial charge >= 0.3 is 5.97 Å². The Kier molecular flexibility index (Phi) is 4.28. The van der Waals surface area contributed by atoms with Crippen LogP contribution >= 0.6 is 0 Å². The van der Waals surface area contributed by atoms with E-state index in [1.807, 2.05) is 0 Å². The number of carboxylic acid groups (broad SMARTS) is 1. The normalized spacial score (nSPS) is 26.2. The lowest BCUT2D eigenvalue weighted by Gasteiger charge is -2.18. The van der Waals surface area contributed by atoms with Gasteiger partial charge in [0, 0.05) is 12.1 Å². The Labute approximate surface area is 95.6 Å². The number of hydrogen-bond donors (Lipinski definition) is 3. The van der Waals surface area contributed by atoms with Crippen molar-refractivity contribution >= 4 is 16.2 Å². The fraction of sp³-hybridized carbons (Fsp3) is 0.889. The molecule has 0 aromatic heterocycles. The molecule has 1 aliphatic carbocycles. The van der Waals surface area contributed by atoms with Gasteiger partial charge in [-0.3, -0.25) is 4.79 Å². The first-order chi connectivity index (χ1) is 7.32. The number of nitrogens with one attached hydrogen (secondary N) is 2. The number of carbonyl (C=O) groups is 1. The number of rotatable bonds is 5. The van der Waals surface area contributed by atoms with Crippen molar-refractivity contribution in [1.29, 1.82) is 0 Å². The van der Waals surface area contributed by atoms with Crippen LogP contribution in [0.25, 0.3) is 0 Å². The smallest absolute Gasteiger partial charge is 0.308 e. The fourth-order valence-corrected chi connectivity index (χ4v) is 3.31. The lowest BCUT2D eigenvalue weighted by atomic mass is 10.1. The van der Waals surface area contributed by atoms with Gasteiger partial charge in [-0.25, -0.2) is 0 Å². The van der Waals surface area contributed by atoms with Crippen molar-refractivity contribution in [1.82, 2.24) is 9.44 Å². The van der Waals surface area contributed by atoms with E-state index in [1.54, 1.807) is 13.8 Å². The molecule has 94 valence electrons. The van der Waals surface area contributed by atoms with Crippen LogP contribution in [0.1, 0.15) is 33.1 Å². The zero-order valence-corrected chi connectivity index (χ0v) is 10.3. The summed E-state index contributed by atoms with van der Waals surface area (Å²) in [4.78, 5) is 10.9. The molecule has 7 heteroatoms. The van der Waals surface area contributed by atoms with Crippen molar-refractivity contribution in [3.8, 4) is 0 Å². The molecule has 2 atom stereocenters. The SMILES string of the molecule is CC(C)NS(=O)(=O)NC1CCCC1C(=O)O. The average molecular weight is 250 g/mol. The lowest BCUT2D eigenvalue weighted by molar-refractivity contribution is -0.141. The maximum absolute atomic E-state index is 11.5. The lowest BCUT2D eigenvalue weighted by Crippen LogP contribution is -2.47. The van der Waals surface area contributed by atoms with Crippen LogP contribution in [-0.4, -0.2) is 31.6 Å². The summed E-state index contributed by atoms with van der Waals surface area (Å²) in [7, 11) is -3.59. The molecule has 0 saturated heterocycles. The highest BCUT2D eigenvalue weighted by Crippen LogP contribution is 2.26. The second-order valence-corrected chi connectivity index (χ2v) is 5.85. The first-order valence-electron chi connectivity index (χ1n) is 5.34. The minimum Gasteiger partial charge on any atom is -0.481 e. The second kappa shape index (κ2) is 5.11. The van der Waals surface area contributed by atoms with Gasteiger partial charge in [0.25, 0.3) is 10.2 Å². The van der Waals surface area contributed by atoms with Crippen molar-refractivity contribution in [3.63, 3.8) is 0 Å². The molecule has 3 N–H and O–H groups in total. The molecule has 0 aromatic rings. The van der Waals surface area contributed by atoms with Gasteiger partial charge in [0.05, 0.1) is 5.92 Å². The Balaban J connectivity index is 2.63. The molecule has 0 heterocycles. The summed E-state index contributed by atoms with van der Waals surface area (Å²) < 4.78 is 27.9. The summed E-state index contributed by atoms with van der Waals surface area (Å²) in [5.74, 6) is -1.54. The second-order valence-electron chi connectivity index (χ2n) is 4.38. The fourth-order valence-electron chi connectivity index (χ4n) is 1.94. The van der Waals surface area contributed by atoms with E-state index in [4.69, 9.17) is 5.11 Å². The highest BCUT2D eigenvalue weighted by Gasteiger charge is 2.35. The number of hydrogen-bond acceptors (Lipinski definition) is 3. The van der Waals surface area contributed by atoms with Crippen LogP contribution in [0, 0.1) is 5.92 Å². The largest absolute Gasteiger partial charge is 0.481 e. The predicted molar refractivity (Wildman–Crippen MR) is 59.1 cm³/mol. The average Bonchev–Trinajstić information content (AvgIpc) is 2.48. The van der Waals surface area contributed by atoms with E-state index in [9.17, 15) is 13.2 Å². The summed E-state index contributed by atoms with van der Waals surface area (Å²) in [5, 5.41) is 8.91. The maximum Gasteiger partial charge on any atom is 0.308 e. The first kappa shape index (κ1) is 13.4.